The first-order chi connectivity index (χ1) is 12.1. The summed E-state index contributed by atoms with van der Waals surface area (Å²) in [6, 6.07) is 20.3. The molecule has 128 valence electrons. The molecular weight excluding hydrogens is 330 g/mol. The van der Waals surface area contributed by atoms with Crippen molar-refractivity contribution in [3.63, 3.8) is 0 Å². The molecule has 0 aliphatic heterocycles. The van der Waals surface area contributed by atoms with Crippen molar-refractivity contribution in [3.8, 4) is 16.9 Å². The quantitative estimate of drug-likeness (QED) is 0.641. The standard InChI is InChI=1S/C21H21NO2S/c1-16-5-7-17(8-6-16)18-9-11-19(12-10-18)24-15-21(23)22(2)14-20-4-3-13-25-20/h3-13H,14-15H2,1-2H3. The lowest BCUT2D eigenvalue weighted by atomic mass is 10.0. The van der Waals surface area contributed by atoms with Crippen LogP contribution in [0.5, 0.6) is 5.75 Å². The highest BCUT2D eigenvalue weighted by atomic mass is 32.1. The number of aryl methyl sites for hydroxylation is 1. The van der Waals surface area contributed by atoms with E-state index in [1.165, 1.54) is 16.0 Å². The van der Waals surface area contributed by atoms with Gasteiger partial charge in [-0.1, -0.05) is 48.0 Å². The largest absolute Gasteiger partial charge is 0.484 e. The molecule has 1 aromatic heterocycles. The molecule has 4 heteroatoms. The van der Waals surface area contributed by atoms with Crippen LogP contribution in [0.15, 0.2) is 66.0 Å². The molecule has 0 N–H and O–H groups in total. The Hall–Kier alpha value is -2.59. The zero-order valence-electron chi connectivity index (χ0n) is 14.4. The molecule has 1 heterocycles. The van der Waals surface area contributed by atoms with Gasteiger partial charge in [-0.25, -0.2) is 0 Å². The van der Waals surface area contributed by atoms with Gasteiger partial charge in [-0.3, -0.25) is 4.79 Å². The third kappa shape index (κ3) is 4.70. The van der Waals surface area contributed by atoms with E-state index in [2.05, 4.69) is 31.2 Å². The summed E-state index contributed by atoms with van der Waals surface area (Å²) in [7, 11) is 1.80. The Morgan fingerprint density at radius 3 is 2.24 bits per heavy atom. The Morgan fingerprint density at radius 2 is 1.64 bits per heavy atom. The third-order valence-electron chi connectivity index (χ3n) is 4.00. The Labute approximate surface area is 152 Å². The number of carbonyl (C=O) groups excluding carboxylic acids is 1. The average Bonchev–Trinajstić information content (AvgIpc) is 3.14. The zero-order chi connectivity index (χ0) is 17.6. The van der Waals surface area contributed by atoms with Crippen molar-refractivity contribution in [1.29, 1.82) is 0 Å². The minimum Gasteiger partial charge on any atom is -0.484 e. The van der Waals surface area contributed by atoms with Gasteiger partial charge < -0.3 is 9.64 Å². The maximum Gasteiger partial charge on any atom is 0.260 e. The van der Waals surface area contributed by atoms with E-state index in [0.29, 0.717) is 12.3 Å². The minimum atomic E-state index is -0.0315. The molecule has 0 saturated carbocycles. The summed E-state index contributed by atoms with van der Waals surface area (Å²) in [4.78, 5) is 15.0. The molecule has 0 unspecified atom stereocenters. The molecule has 0 spiro atoms. The fourth-order valence-electron chi connectivity index (χ4n) is 2.47. The number of nitrogens with zero attached hydrogens (tertiary/aromatic N) is 1. The van der Waals surface area contributed by atoms with Crippen LogP contribution in [0.3, 0.4) is 0 Å². The van der Waals surface area contributed by atoms with Gasteiger partial charge in [0.15, 0.2) is 6.61 Å². The molecule has 0 bridgehead atoms. The van der Waals surface area contributed by atoms with Gasteiger partial charge in [0.1, 0.15) is 5.75 Å². The second-order valence-corrected chi connectivity index (χ2v) is 7.04. The molecule has 0 aliphatic rings. The molecule has 0 aliphatic carbocycles. The second-order valence-electron chi connectivity index (χ2n) is 6.01. The second kappa shape index (κ2) is 7.99. The van der Waals surface area contributed by atoms with Crippen molar-refractivity contribution < 1.29 is 9.53 Å². The number of carbonyl (C=O) groups is 1. The highest BCUT2D eigenvalue weighted by Crippen LogP contribution is 2.22. The number of hydrogen-bond donors (Lipinski definition) is 0. The number of benzene rings is 2. The SMILES string of the molecule is Cc1ccc(-c2ccc(OCC(=O)N(C)Cc3cccs3)cc2)cc1. The average molecular weight is 351 g/mol. The van der Waals surface area contributed by atoms with Gasteiger partial charge in [0, 0.05) is 11.9 Å². The Bertz CT molecular complexity index is 808. The first-order valence-corrected chi connectivity index (χ1v) is 9.06. The first kappa shape index (κ1) is 17.2. The van der Waals surface area contributed by atoms with Crippen molar-refractivity contribution in [3.05, 3.63) is 76.5 Å². The van der Waals surface area contributed by atoms with E-state index in [9.17, 15) is 4.79 Å². The summed E-state index contributed by atoms with van der Waals surface area (Å²) in [6.07, 6.45) is 0. The molecule has 0 saturated heterocycles. The summed E-state index contributed by atoms with van der Waals surface area (Å²) in [6.45, 7) is 2.74. The molecule has 25 heavy (non-hydrogen) atoms. The number of thiophene rings is 1. The predicted molar refractivity (Wildman–Crippen MR) is 103 cm³/mol. The highest BCUT2D eigenvalue weighted by Gasteiger charge is 2.10. The molecule has 2 aromatic carbocycles. The van der Waals surface area contributed by atoms with Gasteiger partial charge in [0.05, 0.1) is 6.54 Å². The lowest BCUT2D eigenvalue weighted by Gasteiger charge is -2.16. The van der Waals surface area contributed by atoms with Crippen molar-refractivity contribution in [2.45, 2.75) is 13.5 Å². The Morgan fingerprint density at radius 1 is 1.00 bits per heavy atom. The van der Waals surface area contributed by atoms with Gasteiger partial charge in [-0.15, -0.1) is 11.3 Å². The molecule has 0 fully saturated rings. The van der Waals surface area contributed by atoms with Crippen molar-refractivity contribution >= 4 is 17.2 Å². The normalized spacial score (nSPS) is 10.5. The predicted octanol–water partition coefficient (Wildman–Crippen LogP) is 4.76. The van der Waals surface area contributed by atoms with Crippen LogP contribution in [0, 0.1) is 6.92 Å². The number of likely N-dealkylation sites (N-methyl/N-ethyl adjacent to an activating group) is 1. The monoisotopic (exact) mass is 351 g/mol. The lowest BCUT2D eigenvalue weighted by Crippen LogP contribution is -2.30. The topological polar surface area (TPSA) is 29.5 Å². The van der Waals surface area contributed by atoms with Gasteiger partial charge in [0.2, 0.25) is 0 Å². The summed E-state index contributed by atoms with van der Waals surface area (Å²) < 4.78 is 5.63. The van der Waals surface area contributed by atoms with E-state index in [1.54, 1.807) is 23.3 Å². The van der Waals surface area contributed by atoms with Crippen LogP contribution in [-0.2, 0) is 11.3 Å². The third-order valence-corrected chi connectivity index (χ3v) is 4.86. The van der Waals surface area contributed by atoms with Crippen molar-refractivity contribution in [2.75, 3.05) is 13.7 Å². The van der Waals surface area contributed by atoms with E-state index in [0.717, 1.165) is 5.56 Å². The van der Waals surface area contributed by atoms with Crippen LogP contribution < -0.4 is 4.74 Å². The van der Waals surface area contributed by atoms with Gasteiger partial charge >= 0.3 is 0 Å². The van der Waals surface area contributed by atoms with E-state index in [4.69, 9.17) is 4.74 Å². The van der Waals surface area contributed by atoms with Crippen molar-refractivity contribution in [2.24, 2.45) is 0 Å². The van der Waals surface area contributed by atoms with E-state index < -0.39 is 0 Å². The zero-order valence-corrected chi connectivity index (χ0v) is 15.3. The minimum absolute atomic E-state index is 0.0315. The molecule has 3 aromatic rings. The number of hydrogen-bond acceptors (Lipinski definition) is 3. The van der Waals surface area contributed by atoms with Gasteiger partial charge in [-0.05, 0) is 41.6 Å². The van der Waals surface area contributed by atoms with Crippen LogP contribution in [0.1, 0.15) is 10.4 Å². The lowest BCUT2D eigenvalue weighted by molar-refractivity contribution is -0.132. The maximum absolute atomic E-state index is 12.2. The molecule has 3 rings (SSSR count). The molecular formula is C21H21NO2S. The summed E-state index contributed by atoms with van der Waals surface area (Å²) in [5.41, 5.74) is 3.55. The summed E-state index contributed by atoms with van der Waals surface area (Å²) >= 11 is 1.65. The number of amides is 1. The van der Waals surface area contributed by atoms with E-state index in [-0.39, 0.29) is 12.5 Å². The van der Waals surface area contributed by atoms with Crippen LogP contribution in [0.2, 0.25) is 0 Å². The number of rotatable bonds is 6. The summed E-state index contributed by atoms with van der Waals surface area (Å²) in [5, 5.41) is 2.01. The molecule has 0 atom stereocenters. The molecule has 3 nitrogen and oxygen atoms in total. The summed E-state index contributed by atoms with van der Waals surface area (Å²) in [5.74, 6) is 0.671. The smallest absolute Gasteiger partial charge is 0.260 e. The Kier molecular flexibility index (Phi) is 5.51. The van der Waals surface area contributed by atoms with Crippen LogP contribution in [-0.4, -0.2) is 24.5 Å². The fraction of sp³-hybridized carbons (Fsp3) is 0.190. The Balaban J connectivity index is 1.54. The van der Waals surface area contributed by atoms with Crippen molar-refractivity contribution in [1.82, 2.24) is 4.90 Å². The van der Waals surface area contributed by atoms with Crippen LogP contribution in [0.25, 0.3) is 11.1 Å². The van der Waals surface area contributed by atoms with Crippen LogP contribution >= 0.6 is 11.3 Å². The first-order valence-electron chi connectivity index (χ1n) is 8.18. The van der Waals surface area contributed by atoms with Crippen LogP contribution in [0.4, 0.5) is 0 Å². The number of ether oxygens (including phenoxy) is 1. The fourth-order valence-corrected chi connectivity index (χ4v) is 3.23. The maximum atomic E-state index is 12.2. The van der Waals surface area contributed by atoms with E-state index >= 15 is 0 Å². The molecule has 1 amide bonds. The van der Waals surface area contributed by atoms with Gasteiger partial charge in [0.25, 0.3) is 5.91 Å². The highest BCUT2D eigenvalue weighted by molar-refractivity contribution is 7.09. The van der Waals surface area contributed by atoms with E-state index in [1.807, 2.05) is 41.8 Å². The van der Waals surface area contributed by atoms with Gasteiger partial charge in [-0.2, -0.15) is 0 Å². The molecule has 0 radical (unpaired) electrons.